The molecule has 6 rings (SSSR count). The number of pyridine rings is 1. The number of aromatic nitrogens is 3. The van der Waals surface area contributed by atoms with Crippen LogP contribution in [0.4, 0.5) is 0 Å². The largest absolute Gasteiger partial charge is 0.454 e. The van der Waals surface area contributed by atoms with E-state index in [1.807, 2.05) is 89.3 Å². The standard InChI is InChI=1S/C27H22N4O3/c1-30-22-10-3-2-9-21(22)29-25(30)16-31(15-18-11-12-23-24(14-18)34-17-33-23)27(32)20-8-4-6-19-7-5-13-28-26(19)20/h2-14H,15-17H2,1H3. The van der Waals surface area contributed by atoms with Crippen molar-refractivity contribution in [3.63, 3.8) is 0 Å². The molecule has 0 spiro atoms. The van der Waals surface area contributed by atoms with Crippen LogP contribution in [0.1, 0.15) is 21.7 Å². The summed E-state index contributed by atoms with van der Waals surface area (Å²) in [5, 5.41) is 0.930. The van der Waals surface area contributed by atoms with Crippen molar-refractivity contribution in [1.29, 1.82) is 0 Å². The van der Waals surface area contributed by atoms with Gasteiger partial charge in [-0.25, -0.2) is 4.98 Å². The van der Waals surface area contributed by atoms with Gasteiger partial charge in [-0.2, -0.15) is 0 Å². The molecule has 2 aromatic heterocycles. The summed E-state index contributed by atoms with van der Waals surface area (Å²) in [5.74, 6) is 2.12. The molecule has 0 bridgehead atoms. The summed E-state index contributed by atoms with van der Waals surface area (Å²) in [5.41, 5.74) is 4.14. The second kappa shape index (κ2) is 8.19. The molecule has 0 saturated carbocycles. The number of carbonyl (C=O) groups is 1. The quantitative estimate of drug-likeness (QED) is 0.388. The minimum atomic E-state index is -0.103. The molecule has 1 aliphatic rings. The fourth-order valence-corrected chi connectivity index (χ4v) is 4.41. The van der Waals surface area contributed by atoms with Crippen LogP contribution in [0.2, 0.25) is 0 Å². The van der Waals surface area contributed by atoms with E-state index in [2.05, 4.69) is 4.98 Å². The van der Waals surface area contributed by atoms with E-state index in [0.29, 0.717) is 29.9 Å². The van der Waals surface area contributed by atoms with E-state index in [-0.39, 0.29) is 12.7 Å². The molecule has 1 aliphatic heterocycles. The number of hydrogen-bond donors (Lipinski definition) is 0. The summed E-state index contributed by atoms with van der Waals surface area (Å²) in [4.78, 5) is 25.0. The Kier molecular flexibility index (Phi) is 4.87. The van der Waals surface area contributed by atoms with E-state index >= 15 is 0 Å². The first-order valence-electron chi connectivity index (χ1n) is 11.1. The zero-order chi connectivity index (χ0) is 23.1. The van der Waals surface area contributed by atoms with Gasteiger partial charge < -0.3 is 18.9 Å². The van der Waals surface area contributed by atoms with Crippen LogP contribution in [0, 0.1) is 0 Å². The van der Waals surface area contributed by atoms with Crippen LogP contribution in [0.5, 0.6) is 11.5 Å². The summed E-state index contributed by atoms with van der Waals surface area (Å²) >= 11 is 0. The van der Waals surface area contributed by atoms with Crippen LogP contribution >= 0.6 is 0 Å². The molecule has 0 unspecified atom stereocenters. The van der Waals surface area contributed by atoms with Crippen molar-refractivity contribution < 1.29 is 14.3 Å². The van der Waals surface area contributed by atoms with Gasteiger partial charge in [-0.15, -0.1) is 0 Å². The van der Waals surface area contributed by atoms with Gasteiger partial charge in [0.25, 0.3) is 5.91 Å². The lowest BCUT2D eigenvalue weighted by atomic mass is 10.1. The molecule has 0 saturated heterocycles. The molecular formula is C27H22N4O3. The molecule has 0 fully saturated rings. The van der Waals surface area contributed by atoms with E-state index in [1.54, 1.807) is 6.20 Å². The fourth-order valence-electron chi connectivity index (χ4n) is 4.41. The molecule has 1 amide bonds. The third-order valence-electron chi connectivity index (χ3n) is 6.17. The van der Waals surface area contributed by atoms with Crippen molar-refractivity contribution in [3.8, 4) is 11.5 Å². The van der Waals surface area contributed by atoms with Crippen LogP contribution in [-0.4, -0.2) is 32.1 Å². The normalized spacial score (nSPS) is 12.4. The minimum Gasteiger partial charge on any atom is -0.454 e. The number of fused-ring (bicyclic) bond motifs is 3. The lowest BCUT2D eigenvalue weighted by Gasteiger charge is -2.23. The SMILES string of the molecule is Cn1c(CN(Cc2ccc3c(c2)OCO3)C(=O)c2cccc3cccnc23)nc2ccccc21. The molecule has 7 nitrogen and oxygen atoms in total. The highest BCUT2D eigenvalue weighted by Gasteiger charge is 2.23. The summed E-state index contributed by atoms with van der Waals surface area (Å²) in [7, 11) is 1.98. The van der Waals surface area contributed by atoms with Gasteiger partial charge in [0.1, 0.15) is 5.82 Å². The first-order chi connectivity index (χ1) is 16.7. The molecule has 34 heavy (non-hydrogen) atoms. The van der Waals surface area contributed by atoms with Crippen molar-refractivity contribution in [2.24, 2.45) is 7.05 Å². The minimum absolute atomic E-state index is 0.103. The van der Waals surface area contributed by atoms with E-state index in [9.17, 15) is 4.79 Å². The molecule has 168 valence electrons. The number of aryl methyl sites for hydroxylation is 1. The van der Waals surface area contributed by atoms with Crippen LogP contribution in [-0.2, 0) is 20.1 Å². The Labute approximate surface area is 196 Å². The van der Waals surface area contributed by atoms with Crippen LogP contribution in [0.25, 0.3) is 21.9 Å². The predicted octanol–water partition coefficient (Wildman–Crippen LogP) is 4.69. The van der Waals surface area contributed by atoms with E-state index < -0.39 is 0 Å². The Hall–Kier alpha value is -4.39. The Bertz CT molecular complexity index is 1540. The number of hydrogen-bond acceptors (Lipinski definition) is 5. The summed E-state index contributed by atoms with van der Waals surface area (Å²) < 4.78 is 13.0. The monoisotopic (exact) mass is 450 g/mol. The Balaban J connectivity index is 1.41. The number of benzene rings is 3. The maximum Gasteiger partial charge on any atom is 0.256 e. The molecule has 0 radical (unpaired) electrons. The summed E-state index contributed by atoms with van der Waals surface area (Å²) in [6, 6.07) is 23.3. The van der Waals surface area contributed by atoms with Gasteiger partial charge in [0, 0.05) is 25.2 Å². The van der Waals surface area contributed by atoms with Gasteiger partial charge in [0.05, 0.1) is 28.7 Å². The average molecular weight is 450 g/mol. The van der Waals surface area contributed by atoms with Crippen LogP contribution < -0.4 is 9.47 Å². The number of rotatable bonds is 5. The lowest BCUT2D eigenvalue weighted by Crippen LogP contribution is -2.31. The lowest BCUT2D eigenvalue weighted by molar-refractivity contribution is 0.0726. The number of amides is 1. The van der Waals surface area contributed by atoms with Gasteiger partial charge in [-0.3, -0.25) is 9.78 Å². The zero-order valence-electron chi connectivity index (χ0n) is 18.6. The molecule has 7 heteroatoms. The third-order valence-corrected chi connectivity index (χ3v) is 6.17. The first-order valence-corrected chi connectivity index (χ1v) is 11.1. The Morgan fingerprint density at radius 3 is 2.74 bits per heavy atom. The smallest absolute Gasteiger partial charge is 0.256 e. The molecule has 3 aromatic carbocycles. The second-order valence-electron chi connectivity index (χ2n) is 8.31. The molecule has 3 heterocycles. The van der Waals surface area contributed by atoms with E-state index in [1.165, 1.54) is 0 Å². The highest BCUT2D eigenvalue weighted by atomic mass is 16.7. The van der Waals surface area contributed by atoms with Crippen molar-refractivity contribution >= 4 is 27.8 Å². The summed E-state index contributed by atoms with van der Waals surface area (Å²) in [6.07, 6.45) is 1.72. The average Bonchev–Trinajstić information content (AvgIpc) is 3.47. The molecule has 5 aromatic rings. The number of carbonyl (C=O) groups excluding carboxylic acids is 1. The number of para-hydroxylation sites is 3. The van der Waals surface area contributed by atoms with Crippen LogP contribution in [0.15, 0.2) is 79.0 Å². The second-order valence-corrected chi connectivity index (χ2v) is 8.31. The fraction of sp³-hybridized carbons (Fsp3) is 0.148. The van der Waals surface area contributed by atoms with Gasteiger partial charge in [0.2, 0.25) is 6.79 Å². The molecular weight excluding hydrogens is 428 g/mol. The number of nitrogens with zero attached hydrogens (tertiary/aromatic N) is 4. The van der Waals surface area contributed by atoms with Gasteiger partial charge in [-0.05, 0) is 42.0 Å². The molecule has 0 aliphatic carbocycles. The van der Waals surface area contributed by atoms with Crippen molar-refractivity contribution in [2.75, 3.05) is 6.79 Å². The number of imidazole rings is 1. The van der Waals surface area contributed by atoms with Crippen LogP contribution in [0.3, 0.4) is 0 Å². The van der Waals surface area contributed by atoms with Gasteiger partial charge in [0.15, 0.2) is 11.5 Å². The molecule has 0 N–H and O–H groups in total. The summed E-state index contributed by atoms with van der Waals surface area (Å²) in [6.45, 7) is 0.951. The molecule has 0 atom stereocenters. The first kappa shape index (κ1) is 20.2. The predicted molar refractivity (Wildman–Crippen MR) is 129 cm³/mol. The Morgan fingerprint density at radius 1 is 0.971 bits per heavy atom. The van der Waals surface area contributed by atoms with Crippen molar-refractivity contribution in [3.05, 3.63) is 95.9 Å². The zero-order valence-corrected chi connectivity index (χ0v) is 18.6. The van der Waals surface area contributed by atoms with Crippen molar-refractivity contribution in [1.82, 2.24) is 19.4 Å². The van der Waals surface area contributed by atoms with E-state index in [0.717, 1.165) is 33.6 Å². The highest BCUT2D eigenvalue weighted by molar-refractivity contribution is 6.05. The van der Waals surface area contributed by atoms with Gasteiger partial charge in [-0.1, -0.05) is 36.4 Å². The Morgan fingerprint density at radius 2 is 1.82 bits per heavy atom. The maximum absolute atomic E-state index is 13.9. The maximum atomic E-state index is 13.9. The van der Waals surface area contributed by atoms with Crippen molar-refractivity contribution in [2.45, 2.75) is 13.1 Å². The number of ether oxygens (including phenoxy) is 2. The highest BCUT2D eigenvalue weighted by Crippen LogP contribution is 2.33. The van der Waals surface area contributed by atoms with E-state index in [4.69, 9.17) is 14.5 Å². The van der Waals surface area contributed by atoms with Gasteiger partial charge >= 0.3 is 0 Å². The third kappa shape index (κ3) is 3.51. The topological polar surface area (TPSA) is 69.5 Å².